The lowest BCUT2D eigenvalue weighted by Crippen LogP contribution is -2.16. The standard InChI is InChI=1S/C9H11N2/c1-2-8-3-6-10-7-4-9(8)11-5-1/h1-2,10H,3-4,6-7H2. The van der Waals surface area contributed by atoms with E-state index in [0.29, 0.717) is 0 Å². The number of hydrogen-bond donors (Lipinski definition) is 1. The summed E-state index contributed by atoms with van der Waals surface area (Å²) in [5.41, 5.74) is 2.60. The van der Waals surface area contributed by atoms with Crippen LogP contribution in [0, 0.1) is 6.20 Å². The molecule has 57 valence electrons. The van der Waals surface area contributed by atoms with Gasteiger partial charge >= 0.3 is 0 Å². The first-order valence-electron chi connectivity index (χ1n) is 4.02. The van der Waals surface area contributed by atoms with Crippen molar-refractivity contribution < 1.29 is 0 Å². The molecular weight excluding hydrogens is 136 g/mol. The maximum absolute atomic E-state index is 4.21. The molecule has 0 aromatic carbocycles. The summed E-state index contributed by atoms with van der Waals surface area (Å²) in [7, 11) is 0. The van der Waals surface area contributed by atoms with E-state index in [1.54, 1.807) is 0 Å². The predicted octanol–water partition coefficient (Wildman–Crippen LogP) is 0.570. The highest BCUT2D eigenvalue weighted by atomic mass is 14.9. The molecule has 1 N–H and O–H groups in total. The second-order valence-corrected chi connectivity index (χ2v) is 2.80. The third-order valence-corrected chi connectivity index (χ3v) is 2.04. The maximum Gasteiger partial charge on any atom is 0.0889 e. The molecule has 2 heteroatoms. The molecule has 0 aliphatic carbocycles. The predicted molar refractivity (Wildman–Crippen MR) is 43.4 cm³/mol. The molecule has 0 atom stereocenters. The third kappa shape index (κ3) is 1.40. The van der Waals surface area contributed by atoms with Gasteiger partial charge in [0.25, 0.3) is 0 Å². The topological polar surface area (TPSA) is 24.9 Å². The van der Waals surface area contributed by atoms with E-state index in [1.807, 2.05) is 6.07 Å². The molecule has 0 amide bonds. The Hall–Kier alpha value is -0.890. The van der Waals surface area contributed by atoms with Gasteiger partial charge in [-0.25, -0.2) is 0 Å². The molecule has 0 bridgehead atoms. The van der Waals surface area contributed by atoms with Crippen molar-refractivity contribution in [2.75, 3.05) is 13.1 Å². The van der Waals surface area contributed by atoms with Crippen molar-refractivity contribution in [3.8, 4) is 0 Å². The maximum atomic E-state index is 4.21. The van der Waals surface area contributed by atoms with Crippen LogP contribution in [0.4, 0.5) is 0 Å². The summed E-state index contributed by atoms with van der Waals surface area (Å²) in [5, 5.41) is 3.34. The van der Waals surface area contributed by atoms with E-state index in [4.69, 9.17) is 0 Å². The van der Waals surface area contributed by atoms with Crippen molar-refractivity contribution in [3.05, 3.63) is 29.6 Å². The van der Waals surface area contributed by atoms with Crippen molar-refractivity contribution in [2.45, 2.75) is 12.8 Å². The molecule has 1 aromatic rings. The Labute approximate surface area is 66.7 Å². The molecule has 0 fully saturated rings. The van der Waals surface area contributed by atoms with Gasteiger partial charge in [-0.3, -0.25) is 4.98 Å². The Morgan fingerprint density at radius 3 is 3.27 bits per heavy atom. The monoisotopic (exact) mass is 147 g/mol. The van der Waals surface area contributed by atoms with Gasteiger partial charge in [-0.05, 0) is 24.6 Å². The van der Waals surface area contributed by atoms with Crippen LogP contribution in [0.15, 0.2) is 12.1 Å². The fourth-order valence-electron chi connectivity index (χ4n) is 1.42. The van der Waals surface area contributed by atoms with Crippen LogP contribution in [-0.2, 0) is 12.8 Å². The minimum absolute atomic E-state index is 1.05. The summed E-state index contributed by atoms with van der Waals surface area (Å²) < 4.78 is 0. The second-order valence-electron chi connectivity index (χ2n) is 2.80. The molecule has 0 unspecified atom stereocenters. The summed E-state index contributed by atoms with van der Waals surface area (Å²) >= 11 is 0. The van der Waals surface area contributed by atoms with E-state index in [2.05, 4.69) is 22.6 Å². The summed E-state index contributed by atoms with van der Waals surface area (Å²) in [6.07, 6.45) is 5.03. The van der Waals surface area contributed by atoms with Gasteiger partial charge in [-0.2, -0.15) is 0 Å². The second kappa shape index (κ2) is 3.01. The zero-order valence-electron chi connectivity index (χ0n) is 6.43. The quantitative estimate of drug-likeness (QED) is 0.580. The summed E-state index contributed by atoms with van der Waals surface area (Å²) in [6, 6.07) is 4.01. The molecule has 1 aliphatic heterocycles. The van der Waals surface area contributed by atoms with Crippen molar-refractivity contribution in [1.29, 1.82) is 0 Å². The molecule has 0 saturated heterocycles. The Morgan fingerprint density at radius 1 is 1.36 bits per heavy atom. The highest BCUT2D eigenvalue weighted by Crippen LogP contribution is 2.07. The van der Waals surface area contributed by atoms with Crippen LogP contribution in [-0.4, -0.2) is 18.1 Å². The number of rotatable bonds is 0. The highest BCUT2D eigenvalue weighted by Gasteiger charge is 2.06. The van der Waals surface area contributed by atoms with Crippen molar-refractivity contribution in [2.24, 2.45) is 0 Å². The van der Waals surface area contributed by atoms with E-state index in [1.165, 1.54) is 11.3 Å². The van der Waals surface area contributed by atoms with Crippen LogP contribution in [0.1, 0.15) is 11.3 Å². The third-order valence-electron chi connectivity index (χ3n) is 2.04. The summed E-state index contributed by atoms with van der Waals surface area (Å²) in [4.78, 5) is 4.21. The average Bonchev–Trinajstić information content (AvgIpc) is 2.28. The SMILES string of the molecule is [c]1ccc2c(n1)CCNCC2. The Morgan fingerprint density at radius 2 is 2.27 bits per heavy atom. The molecule has 1 aromatic heterocycles. The Kier molecular flexibility index (Phi) is 1.86. The number of pyridine rings is 1. The van der Waals surface area contributed by atoms with Gasteiger partial charge in [-0.1, -0.05) is 6.07 Å². The lowest BCUT2D eigenvalue weighted by atomic mass is 10.1. The first-order chi connectivity index (χ1) is 5.47. The smallest absolute Gasteiger partial charge is 0.0889 e. The van der Waals surface area contributed by atoms with Gasteiger partial charge in [0.15, 0.2) is 0 Å². The molecule has 2 heterocycles. The molecule has 2 rings (SSSR count). The van der Waals surface area contributed by atoms with E-state index < -0.39 is 0 Å². The number of nitrogens with one attached hydrogen (secondary N) is 1. The van der Waals surface area contributed by atoms with Crippen LogP contribution in [0.3, 0.4) is 0 Å². The normalized spacial score (nSPS) is 17.1. The van der Waals surface area contributed by atoms with Gasteiger partial charge in [0.1, 0.15) is 0 Å². The van der Waals surface area contributed by atoms with E-state index in [9.17, 15) is 0 Å². The lowest BCUT2D eigenvalue weighted by Gasteiger charge is -1.99. The number of fused-ring (bicyclic) bond motifs is 1. The number of aromatic nitrogens is 1. The van der Waals surface area contributed by atoms with E-state index in [-0.39, 0.29) is 0 Å². The molecule has 1 aliphatic rings. The van der Waals surface area contributed by atoms with Crippen LogP contribution in [0.5, 0.6) is 0 Å². The molecule has 1 radical (unpaired) electrons. The molecule has 0 spiro atoms. The van der Waals surface area contributed by atoms with Crippen molar-refractivity contribution >= 4 is 0 Å². The minimum Gasteiger partial charge on any atom is -0.316 e. The molecular formula is C9H11N2. The van der Waals surface area contributed by atoms with E-state index >= 15 is 0 Å². The van der Waals surface area contributed by atoms with Gasteiger partial charge in [0.2, 0.25) is 0 Å². The van der Waals surface area contributed by atoms with Crippen LogP contribution in [0.25, 0.3) is 0 Å². The molecule has 0 saturated carbocycles. The average molecular weight is 147 g/mol. The van der Waals surface area contributed by atoms with Gasteiger partial charge in [0, 0.05) is 18.7 Å². The lowest BCUT2D eigenvalue weighted by molar-refractivity contribution is 0.708. The van der Waals surface area contributed by atoms with Gasteiger partial charge < -0.3 is 5.32 Å². The van der Waals surface area contributed by atoms with Crippen LogP contribution < -0.4 is 5.32 Å². The molecule has 2 nitrogen and oxygen atoms in total. The van der Waals surface area contributed by atoms with Crippen LogP contribution in [0.2, 0.25) is 0 Å². The molecule has 11 heavy (non-hydrogen) atoms. The largest absolute Gasteiger partial charge is 0.316 e. The zero-order valence-corrected chi connectivity index (χ0v) is 6.43. The van der Waals surface area contributed by atoms with Gasteiger partial charge in [-0.15, -0.1) is 0 Å². The number of hydrogen-bond acceptors (Lipinski definition) is 2. The Bertz CT molecular complexity index is 220. The first kappa shape index (κ1) is 6.80. The highest BCUT2D eigenvalue weighted by molar-refractivity contribution is 5.21. The van der Waals surface area contributed by atoms with Crippen LogP contribution >= 0.6 is 0 Å². The number of nitrogens with zero attached hydrogens (tertiary/aromatic N) is 1. The summed E-state index contributed by atoms with van der Waals surface area (Å²) in [5.74, 6) is 0. The zero-order chi connectivity index (χ0) is 7.52. The van der Waals surface area contributed by atoms with Gasteiger partial charge in [0.05, 0.1) is 6.20 Å². The van der Waals surface area contributed by atoms with E-state index in [0.717, 1.165) is 25.9 Å². The minimum atomic E-state index is 1.05. The van der Waals surface area contributed by atoms with Crippen molar-refractivity contribution in [3.63, 3.8) is 0 Å². The summed E-state index contributed by atoms with van der Waals surface area (Å²) in [6.45, 7) is 2.14. The fraction of sp³-hybridized carbons (Fsp3) is 0.444. The fourth-order valence-corrected chi connectivity index (χ4v) is 1.42. The first-order valence-corrected chi connectivity index (χ1v) is 4.02. The van der Waals surface area contributed by atoms with Crippen molar-refractivity contribution in [1.82, 2.24) is 10.3 Å². The Balaban J connectivity index is 2.33.